The Balaban J connectivity index is 1.50. The van der Waals surface area contributed by atoms with E-state index in [1.54, 1.807) is 0 Å². The largest absolute Gasteiger partial charge is 0.488 e. The minimum Gasteiger partial charge on any atom is -0.488 e. The van der Waals surface area contributed by atoms with E-state index in [1.165, 1.54) is 22.6 Å². The van der Waals surface area contributed by atoms with Gasteiger partial charge in [-0.1, -0.05) is 18.2 Å². The van der Waals surface area contributed by atoms with E-state index in [-0.39, 0.29) is 0 Å². The number of rotatable bonds is 6. The first-order valence-corrected chi connectivity index (χ1v) is 7.20. The van der Waals surface area contributed by atoms with Gasteiger partial charge in [-0.2, -0.15) is 0 Å². The smallest absolute Gasteiger partial charge is 0.122 e. The molecule has 0 unspecified atom stereocenters. The van der Waals surface area contributed by atoms with Gasteiger partial charge in [0.25, 0.3) is 0 Å². The summed E-state index contributed by atoms with van der Waals surface area (Å²) in [6.07, 6.45) is 2.69. The van der Waals surface area contributed by atoms with Crippen LogP contribution in [0.3, 0.4) is 0 Å². The molecule has 1 N–H and O–H groups in total. The minimum absolute atomic E-state index is 0.665. The second kappa shape index (κ2) is 5.55. The average Bonchev–Trinajstić information content (AvgIpc) is 3.14. The molecule has 3 rings (SSSR count). The van der Waals surface area contributed by atoms with Crippen LogP contribution in [0.2, 0.25) is 0 Å². The lowest BCUT2D eigenvalue weighted by Gasteiger charge is -2.03. The molecule has 18 heavy (non-hydrogen) atoms. The molecule has 0 atom stereocenters. The van der Waals surface area contributed by atoms with Gasteiger partial charge in [0.15, 0.2) is 0 Å². The molecule has 1 aromatic carbocycles. The molecule has 0 radical (unpaired) electrons. The quantitative estimate of drug-likeness (QED) is 0.856. The van der Waals surface area contributed by atoms with Gasteiger partial charge in [0.05, 0.1) is 0 Å². The standard InChI is InChI=1S/C15H17NOS/c1-2-4-13(5-3-1)17-11-15-9-8-14(18-15)10-16-12-6-7-12/h1-5,8-9,12,16H,6-7,10-11H2. The number of hydrogen-bond acceptors (Lipinski definition) is 3. The van der Waals surface area contributed by atoms with Crippen LogP contribution in [-0.4, -0.2) is 6.04 Å². The van der Waals surface area contributed by atoms with Gasteiger partial charge in [-0.25, -0.2) is 0 Å². The van der Waals surface area contributed by atoms with Crippen LogP contribution < -0.4 is 10.1 Å². The third-order valence-corrected chi connectivity index (χ3v) is 4.04. The van der Waals surface area contributed by atoms with Gasteiger partial charge in [-0.05, 0) is 37.1 Å². The van der Waals surface area contributed by atoms with Crippen LogP contribution in [-0.2, 0) is 13.2 Å². The number of para-hydroxylation sites is 1. The van der Waals surface area contributed by atoms with Crippen molar-refractivity contribution in [2.24, 2.45) is 0 Å². The number of benzene rings is 1. The summed E-state index contributed by atoms with van der Waals surface area (Å²) in [6.45, 7) is 1.67. The Morgan fingerprint density at radius 3 is 2.61 bits per heavy atom. The summed E-state index contributed by atoms with van der Waals surface area (Å²) < 4.78 is 5.73. The van der Waals surface area contributed by atoms with Crippen LogP contribution in [0.1, 0.15) is 22.6 Å². The monoisotopic (exact) mass is 259 g/mol. The first-order chi connectivity index (χ1) is 8.90. The summed E-state index contributed by atoms with van der Waals surface area (Å²) in [5, 5.41) is 3.53. The third-order valence-electron chi connectivity index (χ3n) is 2.98. The Hall–Kier alpha value is -1.32. The molecule has 0 saturated heterocycles. The lowest BCUT2D eigenvalue weighted by Crippen LogP contribution is -2.14. The van der Waals surface area contributed by atoms with Crippen LogP contribution in [0.5, 0.6) is 5.75 Å². The van der Waals surface area contributed by atoms with Gasteiger partial charge >= 0.3 is 0 Å². The fraction of sp³-hybridized carbons (Fsp3) is 0.333. The van der Waals surface area contributed by atoms with Crippen molar-refractivity contribution in [3.05, 3.63) is 52.2 Å². The van der Waals surface area contributed by atoms with Gasteiger partial charge in [0, 0.05) is 22.3 Å². The molecule has 1 heterocycles. The predicted octanol–water partition coefficient (Wildman–Crippen LogP) is 3.58. The number of nitrogens with one attached hydrogen (secondary N) is 1. The summed E-state index contributed by atoms with van der Waals surface area (Å²) in [5.41, 5.74) is 0. The highest BCUT2D eigenvalue weighted by Gasteiger charge is 2.20. The van der Waals surface area contributed by atoms with E-state index in [4.69, 9.17) is 4.74 Å². The summed E-state index contributed by atoms with van der Waals surface area (Å²) in [5.74, 6) is 0.934. The maximum absolute atomic E-state index is 5.73. The van der Waals surface area contributed by atoms with Crippen molar-refractivity contribution >= 4 is 11.3 Å². The zero-order chi connectivity index (χ0) is 12.2. The SMILES string of the molecule is c1ccc(OCc2ccc(CNC3CC3)s2)cc1. The second-order valence-electron chi connectivity index (χ2n) is 4.62. The van der Waals surface area contributed by atoms with E-state index in [9.17, 15) is 0 Å². The third kappa shape index (κ3) is 3.34. The van der Waals surface area contributed by atoms with Gasteiger partial charge in [-0.3, -0.25) is 0 Å². The highest BCUT2D eigenvalue weighted by molar-refractivity contribution is 7.11. The van der Waals surface area contributed by atoms with E-state index < -0.39 is 0 Å². The summed E-state index contributed by atoms with van der Waals surface area (Å²) >= 11 is 1.83. The number of thiophene rings is 1. The molecule has 1 fully saturated rings. The first-order valence-electron chi connectivity index (χ1n) is 6.39. The van der Waals surface area contributed by atoms with Gasteiger partial charge in [-0.15, -0.1) is 11.3 Å². The Labute approximate surface area is 112 Å². The molecule has 1 saturated carbocycles. The molecular formula is C15H17NOS. The Bertz CT molecular complexity index is 490. The highest BCUT2D eigenvalue weighted by Crippen LogP contribution is 2.22. The van der Waals surface area contributed by atoms with Crippen molar-refractivity contribution in [3.63, 3.8) is 0 Å². The van der Waals surface area contributed by atoms with Crippen LogP contribution in [0.4, 0.5) is 0 Å². The zero-order valence-corrected chi connectivity index (χ0v) is 11.1. The zero-order valence-electron chi connectivity index (χ0n) is 10.3. The highest BCUT2D eigenvalue weighted by atomic mass is 32.1. The minimum atomic E-state index is 0.665. The fourth-order valence-corrected chi connectivity index (χ4v) is 2.68. The molecule has 2 aromatic rings. The molecule has 1 aliphatic rings. The Kier molecular flexibility index (Phi) is 3.62. The second-order valence-corrected chi connectivity index (χ2v) is 5.88. The molecule has 0 spiro atoms. The van der Waals surface area contributed by atoms with Crippen molar-refractivity contribution in [2.45, 2.75) is 32.0 Å². The van der Waals surface area contributed by atoms with Crippen LogP contribution in [0.25, 0.3) is 0 Å². The van der Waals surface area contributed by atoms with Crippen LogP contribution in [0.15, 0.2) is 42.5 Å². The molecule has 1 aromatic heterocycles. The van der Waals surface area contributed by atoms with Crippen LogP contribution >= 0.6 is 11.3 Å². The van der Waals surface area contributed by atoms with E-state index in [2.05, 4.69) is 17.4 Å². The molecule has 94 valence electrons. The van der Waals surface area contributed by atoms with Crippen molar-refractivity contribution in [2.75, 3.05) is 0 Å². The summed E-state index contributed by atoms with van der Waals surface area (Å²) in [4.78, 5) is 2.68. The van der Waals surface area contributed by atoms with Crippen molar-refractivity contribution in [1.29, 1.82) is 0 Å². The van der Waals surface area contributed by atoms with Gasteiger partial charge in [0.2, 0.25) is 0 Å². The Morgan fingerprint density at radius 1 is 1.06 bits per heavy atom. The predicted molar refractivity (Wildman–Crippen MR) is 75.0 cm³/mol. The average molecular weight is 259 g/mol. The summed E-state index contributed by atoms with van der Waals surface area (Å²) in [7, 11) is 0. The molecule has 3 heteroatoms. The topological polar surface area (TPSA) is 21.3 Å². The molecule has 0 amide bonds. The number of hydrogen-bond donors (Lipinski definition) is 1. The van der Waals surface area contributed by atoms with E-state index in [1.807, 2.05) is 41.7 Å². The molecule has 1 aliphatic carbocycles. The van der Waals surface area contributed by atoms with Crippen molar-refractivity contribution in [1.82, 2.24) is 5.32 Å². The lowest BCUT2D eigenvalue weighted by atomic mass is 10.3. The fourth-order valence-electron chi connectivity index (χ4n) is 1.80. The van der Waals surface area contributed by atoms with E-state index in [0.29, 0.717) is 6.61 Å². The van der Waals surface area contributed by atoms with Crippen molar-refractivity contribution in [3.8, 4) is 5.75 Å². The molecular weight excluding hydrogens is 242 g/mol. The summed E-state index contributed by atoms with van der Waals surface area (Å²) in [6, 6.07) is 15.1. The molecule has 2 nitrogen and oxygen atoms in total. The molecule has 0 bridgehead atoms. The first kappa shape index (κ1) is 11.8. The maximum atomic E-state index is 5.73. The maximum Gasteiger partial charge on any atom is 0.122 e. The van der Waals surface area contributed by atoms with Crippen LogP contribution in [0, 0.1) is 0 Å². The van der Waals surface area contributed by atoms with E-state index in [0.717, 1.165) is 18.3 Å². The lowest BCUT2D eigenvalue weighted by molar-refractivity contribution is 0.310. The van der Waals surface area contributed by atoms with Crippen molar-refractivity contribution < 1.29 is 4.74 Å². The van der Waals surface area contributed by atoms with E-state index >= 15 is 0 Å². The number of ether oxygens (including phenoxy) is 1. The normalized spacial score (nSPS) is 14.7. The Morgan fingerprint density at radius 2 is 1.83 bits per heavy atom. The molecule has 0 aliphatic heterocycles. The van der Waals surface area contributed by atoms with Gasteiger partial charge < -0.3 is 10.1 Å². The van der Waals surface area contributed by atoms with Gasteiger partial charge in [0.1, 0.15) is 12.4 Å².